The Bertz CT molecular complexity index is 1050. The number of halogens is 2. The van der Waals surface area contributed by atoms with Gasteiger partial charge in [0, 0.05) is 31.4 Å². The summed E-state index contributed by atoms with van der Waals surface area (Å²) < 4.78 is 36.7. The number of carboxylic acids is 1. The van der Waals surface area contributed by atoms with Crippen LogP contribution in [0.1, 0.15) is 29.9 Å². The Morgan fingerprint density at radius 1 is 1.06 bits per heavy atom. The Labute approximate surface area is 200 Å². The van der Waals surface area contributed by atoms with E-state index >= 15 is 0 Å². The zero-order chi connectivity index (χ0) is 24.9. The van der Waals surface area contributed by atoms with Gasteiger partial charge in [0.1, 0.15) is 12.6 Å². The van der Waals surface area contributed by atoms with Crippen molar-refractivity contribution in [2.45, 2.75) is 37.3 Å². The number of carbonyl (C=O) groups is 3. The molecule has 1 aliphatic carbocycles. The van der Waals surface area contributed by atoms with Crippen LogP contribution in [0.4, 0.5) is 13.6 Å². The number of carbonyl (C=O) groups excluding carboxylic acids is 2. The SMILES string of the molecule is O=C(NC(CC(F)F)C(=O)NC[C@H]1CCO[C@H]1C(=O)O)OCC1c2ccccc2-c2ccccc21. The van der Waals surface area contributed by atoms with Crippen LogP contribution >= 0.6 is 0 Å². The Morgan fingerprint density at radius 3 is 2.29 bits per heavy atom. The smallest absolute Gasteiger partial charge is 0.407 e. The summed E-state index contributed by atoms with van der Waals surface area (Å²) in [6.45, 7) is 0.139. The zero-order valence-corrected chi connectivity index (χ0v) is 18.8. The Morgan fingerprint density at radius 2 is 1.69 bits per heavy atom. The lowest BCUT2D eigenvalue weighted by atomic mass is 9.98. The van der Waals surface area contributed by atoms with E-state index in [4.69, 9.17) is 14.6 Å². The lowest BCUT2D eigenvalue weighted by molar-refractivity contribution is -0.149. The van der Waals surface area contributed by atoms with Crippen LogP contribution in [0.15, 0.2) is 48.5 Å². The van der Waals surface area contributed by atoms with E-state index < -0.39 is 48.9 Å². The van der Waals surface area contributed by atoms with Gasteiger partial charge in [-0.3, -0.25) is 4.79 Å². The van der Waals surface area contributed by atoms with Gasteiger partial charge in [-0.05, 0) is 28.7 Å². The van der Waals surface area contributed by atoms with Gasteiger partial charge in [0.05, 0.1) is 0 Å². The number of alkyl halides is 2. The molecule has 2 amide bonds. The lowest BCUT2D eigenvalue weighted by Gasteiger charge is -2.21. The molecule has 2 aliphatic rings. The van der Waals surface area contributed by atoms with Gasteiger partial charge in [-0.25, -0.2) is 18.4 Å². The number of rotatable bonds is 9. The van der Waals surface area contributed by atoms with Crippen LogP contribution in [-0.4, -0.2) is 61.4 Å². The summed E-state index contributed by atoms with van der Waals surface area (Å²) in [4.78, 5) is 36.2. The average molecular weight is 488 g/mol. The van der Waals surface area contributed by atoms with Gasteiger partial charge in [0.2, 0.25) is 12.3 Å². The van der Waals surface area contributed by atoms with E-state index in [1.54, 1.807) is 0 Å². The summed E-state index contributed by atoms with van der Waals surface area (Å²) in [6.07, 6.45) is -5.39. The molecule has 0 radical (unpaired) electrons. The third-order valence-corrected chi connectivity index (χ3v) is 6.36. The molecule has 10 heteroatoms. The molecule has 1 saturated heterocycles. The first-order valence-electron chi connectivity index (χ1n) is 11.4. The maximum Gasteiger partial charge on any atom is 0.407 e. The van der Waals surface area contributed by atoms with Gasteiger partial charge in [-0.2, -0.15) is 0 Å². The molecule has 0 saturated carbocycles. The molecule has 1 aliphatic heterocycles. The number of nitrogens with one attached hydrogen (secondary N) is 2. The molecule has 0 bridgehead atoms. The number of ether oxygens (including phenoxy) is 2. The number of aliphatic carboxylic acids is 1. The fourth-order valence-electron chi connectivity index (χ4n) is 4.66. The standard InChI is InChI=1S/C25H26F2N2O6/c26-21(27)11-20(23(30)28-12-14-9-10-34-22(14)24(31)32)29-25(33)35-13-19-17-7-3-1-5-15(17)16-6-2-4-8-18(16)19/h1-8,14,19-22H,9-13H2,(H,28,30)(H,29,33)(H,31,32)/t14-,20?,22-/m1/s1. The number of alkyl carbamates (subject to hydrolysis) is 1. The van der Waals surface area contributed by atoms with Crippen LogP contribution in [0.5, 0.6) is 0 Å². The van der Waals surface area contributed by atoms with Crippen LogP contribution in [0.3, 0.4) is 0 Å². The minimum absolute atomic E-state index is 0.0252. The minimum Gasteiger partial charge on any atom is -0.479 e. The maximum absolute atomic E-state index is 13.1. The summed E-state index contributed by atoms with van der Waals surface area (Å²) in [7, 11) is 0. The van der Waals surface area contributed by atoms with Crippen molar-refractivity contribution >= 4 is 18.0 Å². The average Bonchev–Trinajstić information content (AvgIpc) is 3.43. The van der Waals surface area contributed by atoms with Gasteiger partial charge < -0.3 is 25.2 Å². The van der Waals surface area contributed by atoms with Gasteiger partial charge in [-0.1, -0.05) is 48.5 Å². The van der Waals surface area contributed by atoms with Crippen LogP contribution in [0.2, 0.25) is 0 Å². The topological polar surface area (TPSA) is 114 Å². The molecule has 0 spiro atoms. The monoisotopic (exact) mass is 488 g/mol. The number of fused-ring (bicyclic) bond motifs is 3. The molecule has 1 unspecified atom stereocenters. The largest absolute Gasteiger partial charge is 0.479 e. The first-order chi connectivity index (χ1) is 16.8. The molecule has 0 aromatic heterocycles. The van der Waals surface area contributed by atoms with E-state index in [0.717, 1.165) is 22.3 Å². The van der Waals surface area contributed by atoms with Crippen molar-refractivity contribution < 1.29 is 37.7 Å². The van der Waals surface area contributed by atoms with Crippen molar-refractivity contribution in [3.05, 3.63) is 59.7 Å². The molecule has 4 rings (SSSR count). The fraction of sp³-hybridized carbons (Fsp3) is 0.400. The molecule has 186 valence electrons. The quantitative estimate of drug-likeness (QED) is 0.500. The summed E-state index contributed by atoms with van der Waals surface area (Å²) in [5, 5.41) is 13.8. The van der Waals surface area contributed by atoms with E-state index in [0.29, 0.717) is 6.42 Å². The van der Waals surface area contributed by atoms with Crippen molar-refractivity contribution in [1.82, 2.24) is 10.6 Å². The van der Waals surface area contributed by atoms with Gasteiger partial charge in [-0.15, -0.1) is 0 Å². The second-order valence-corrected chi connectivity index (χ2v) is 8.57. The highest BCUT2D eigenvalue weighted by Crippen LogP contribution is 2.44. The van der Waals surface area contributed by atoms with E-state index in [1.807, 2.05) is 48.5 Å². The highest BCUT2D eigenvalue weighted by Gasteiger charge is 2.35. The number of amides is 2. The molecule has 2 aromatic rings. The van der Waals surface area contributed by atoms with Crippen molar-refractivity contribution in [1.29, 1.82) is 0 Å². The van der Waals surface area contributed by atoms with Gasteiger partial charge in [0.15, 0.2) is 6.10 Å². The number of carboxylic acid groups (broad SMARTS) is 1. The zero-order valence-electron chi connectivity index (χ0n) is 18.8. The van der Waals surface area contributed by atoms with Crippen LogP contribution in [0, 0.1) is 5.92 Å². The highest BCUT2D eigenvalue weighted by molar-refractivity contribution is 5.86. The molecule has 1 fully saturated rings. The second-order valence-electron chi connectivity index (χ2n) is 8.57. The lowest BCUT2D eigenvalue weighted by Crippen LogP contribution is -2.49. The van der Waals surface area contributed by atoms with Crippen molar-refractivity contribution in [3.63, 3.8) is 0 Å². The van der Waals surface area contributed by atoms with Gasteiger partial charge >= 0.3 is 12.1 Å². The minimum atomic E-state index is -2.85. The van der Waals surface area contributed by atoms with Crippen LogP contribution < -0.4 is 10.6 Å². The fourth-order valence-corrected chi connectivity index (χ4v) is 4.66. The molecule has 3 atom stereocenters. The summed E-state index contributed by atoms with van der Waals surface area (Å²) in [5.74, 6) is -2.69. The Balaban J connectivity index is 1.36. The van der Waals surface area contributed by atoms with Crippen molar-refractivity contribution in [2.24, 2.45) is 5.92 Å². The molecule has 35 heavy (non-hydrogen) atoms. The Hall–Kier alpha value is -3.53. The molecule has 2 aromatic carbocycles. The molecule has 8 nitrogen and oxygen atoms in total. The predicted molar refractivity (Wildman–Crippen MR) is 121 cm³/mol. The summed E-state index contributed by atoms with van der Waals surface area (Å²) in [5.41, 5.74) is 4.08. The normalized spacial score (nSPS) is 19.6. The van der Waals surface area contributed by atoms with Crippen molar-refractivity contribution in [2.75, 3.05) is 19.8 Å². The van der Waals surface area contributed by atoms with E-state index in [1.165, 1.54) is 0 Å². The van der Waals surface area contributed by atoms with E-state index in [9.17, 15) is 23.2 Å². The number of hydrogen-bond donors (Lipinski definition) is 3. The van der Waals surface area contributed by atoms with E-state index in [-0.39, 0.29) is 25.7 Å². The van der Waals surface area contributed by atoms with Gasteiger partial charge in [0.25, 0.3) is 0 Å². The first kappa shape index (κ1) is 24.6. The third-order valence-electron chi connectivity index (χ3n) is 6.36. The molecular weight excluding hydrogens is 462 g/mol. The first-order valence-corrected chi connectivity index (χ1v) is 11.4. The number of hydrogen-bond acceptors (Lipinski definition) is 5. The van der Waals surface area contributed by atoms with Crippen molar-refractivity contribution in [3.8, 4) is 11.1 Å². The molecule has 3 N–H and O–H groups in total. The third kappa shape index (κ3) is 5.59. The summed E-state index contributed by atoms with van der Waals surface area (Å²) >= 11 is 0. The highest BCUT2D eigenvalue weighted by atomic mass is 19.3. The van der Waals surface area contributed by atoms with Crippen LogP contribution in [-0.2, 0) is 19.1 Å². The maximum atomic E-state index is 13.1. The number of benzene rings is 2. The molecular formula is C25H26F2N2O6. The predicted octanol–water partition coefficient (Wildman–Crippen LogP) is 3.15. The van der Waals surface area contributed by atoms with Crippen LogP contribution in [0.25, 0.3) is 11.1 Å². The van der Waals surface area contributed by atoms with E-state index in [2.05, 4.69) is 10.6 Å². The Kier molecular flexibility index (Phi) is 7.60. The second kappa shape index (κ2) is 10.8. The molecule has 1 heterocycles. The summed E-state index contributed by atoms with van der Waals surface area (Å²) in [6, 6.07) is 14.0.